The Balaban J connectivity index is 1.63. The summed E-state index contributed by atoms with van der Waals surface area (Å²) < 4.78 is 6.11. The number of rotatable bonds is 5. The average molecular weight is 287 g/mol. The van der Waals surface area contributed by atoms with Crippen LogP contribution in [0.15, 0.2) is 24.3 Å². The van der Waals surface area contributed by atoms with E-state index >= 15 is 0 Å². The SMILES string of the molecule is CCCNC1CCC(CC2OCCc3ccccc32)C1C. The lowest BCUT2D eigenvalue weighted by Gasteiger charge is -2.30. The summed E-state index contributed by atoms with van der Waals surface area (Å²) in [7, 11) is 0. The van der Waals surface area contributed by atoms with Crippen LogP contribution in [0.4, 0.5) is 0 Å². The summed E-state index contributed by atoms with van der Waals surface area (Å²) >= 11 is 0. The third-order valence-electron chi connectivity index (χ3n) is 5.49. The molecule has 1 aromatic rings. The molecule has 1 saturated carbocycles. The Kier molecular flexibility index (Phi) is 4.97. The summed E-state index contributed by atoms with van der Waals surface area (Å²) in [5.74, 6) is 1.57. The molecule has 1 heterocycles. The number of fused-ring (bicyclic) bond motifs is 1. The van der Waals surface area contributed by atoms with Gasteiger partial charge >= 0.3 is 0 Å². The third kappa shape index (κ3) is 3.32. The van der Waals surface area contributed by atoms with Crippen LogP contribution in [0.2, 0.25) is 0 Å². The van der Waals surface area contributed by atoms with Crippen LogP contribution in [0.25, 0.3) is 0 Å². The topological polar surface area (TPSA) is 21.3 Å². The lowest BCUT2D eigenvalue weighted by molar-refractivity contribution is 0.0213. The Hall–Kier alpha value is -0.860. The van der Waals surface area contributed by atoms with Crippen molar-refractivity contribution in [2.24, 2.45) is 11.8 Å². The molecule has 0 saturated heterocycles. The van der Waals surface area contributed by atoms with E-state index < -0.39 is 0 Å². The first-order chi connectivity index (χ1) is 10.3. The van der Waals surface area contributed by atoms with Crippen molar-refractivity contribution in [3.8, 4) is 0 Å². The number of hydrogen-bond acceptors (Lipinski definition) is 2. The number of ether oxygens (including phenoxy) is 1. The molecule has 1 aliphatic carbocycles. The van der Waals surface area contributed by atoms with Crippen LogP contribution in [0.5, 0.6) is 0 Å². The minimum Gasteiger partial charge on any atom is -0.373 e. The second-order valence-corrected chi connectivity index (χ2v) is 6.80. The second kappa shape index (κ2) is 6.93. The van der Waals surface area contributed by atoms with Gasteiger partial charge in [-0.1, -0.05) is 38.1 Å². The minimum atomic E-state index is 0.326. The van der Waals surface area contributed by atoms with Gasteiger partial charge < -0.3 is 10.1 Å². The number of nitrogens with one attached hydrogen (secondary N) is 1. The van der Waals surface area contributed by atoms with Crippen molar-refractivity contribution in [1.82, 2.24) is 5.32 Å². The standard InChI is InChI=1S/C19H29NO/c1-3-11-20-18-9-8-16(14(18)2)13-19-17-7-5-4-6-15(17)10-12-21-19/h4-7,14,16,18-20H,3,8-13H2,1-2H3. The number of hydrogen-bond donors (Lipinski definition) is 1. The zero-order valence-corrected chi connectivity index (χ0v) is 13.5. The molecule has 2 heteroatoms. The van der Waals surface area contributed by atoms with Gasteiger partial charge in [-0.25, -0.2) is 0 Å². The molecular weight excluding hydrogens is 258 g/mol. The van der Waals surface area contributed by atoms with Gasteiger partial charge in [0, 0.05) is 6.04 Å². The molecule has 2 nitrogen and oxygen atoms in total. The van der Waals surface area contributed by atoms with Gasteiger partial charge in [0.25, 0.3) is 0 Å². The molecule has 116 valence electrons. The highest BCUT2D eigenvalue weighted by Gasteiger charge is 2.35. The van der Waals surface area contributed by atoms with E-state index in [1.54, 1.807) is 0 Å². The zero-order chi connectivity index (χ0) is 14.7. The predicted molar refractivity (Wildman–Crippen MR) is 87.4 cm³/mol. The molecule has 3 rings (SSSR count). The number of benzene rings is 1. The summed E-state index contributed by atoms with van der Waals surface area (Å²) in [6, 6.07) is 9.57. The van der Waals surface area contributed by atoms with Crippen molar-refractivity contribution in [3.63, 3.8) is 0 Å². The molecule has 0 aromatic heterocycles. The second-order valence-electron chi connectivity index (χ2n) is 6.80. The van der Waals surface area contributed by atoms with E-state index in [1.807, 2.05) is 0 Å². The Morgan fingerprint density at radius 1 is 1.24 bits per heavy atom. The van der Waals surface area contributed by atoms with E-state index in [-0.39, 0.29) is 0 Å². The monoisotopic (exact) mass is 287 g/mol. The average Bonchev–Trinajstić information content (AvgIpc) is 2.86. The van der Waals surface area contributed by atoms with Crippen molar-refractivity contribution in [3.05, 3.63) is 35.4 Å². The van der Waals surface area contributed by atoms with Crippen LogP contribution in [0.3, 0.4) is 0 Å². The van der Waals surface area contributed by atoms with Gasteiger partial charge in [0.1, 0.15) is 0 Å². The van der Waals surface area contributed by atoms with Crippen LogP contribution in [0, 0.1) is 11.8 Å². The van der Waals surface area contributed by atoms with E-state index in [2.05, 4.69) is 43.4 Å². The lowest BCUT2D eigenvalue weighted by Crippen LogP contribution is -2.33. The normalized spacial score (nSPS) is 32.1. The van der Waals surface area contributed by atoms with E-state index in [4.69, 9.17) is 4.74 Å². The Morgan fingerprint density at radius 3 is 2.95 bits per heavy atom. The van der Waals surface area contributed by atoms with Gasteiger partial charge in [-0.3, -0.25) is 0 Å². The highest BCUT2D eigenvalue weighted by molar-refractivity contribution is 5.31. The molecule has 0 radical (unpaired) electrons. The Labute approximate surface area is 129 Å². The molecule has 1 aromatic carbocycles. The fourth-order valence-electron chi connectivity index (χ4n) is 4.15. The lowest BCUT2D eigenvalue weighted by atomic mass is 9.86. The minimum absolute atomic E-state index is 0.326. The van der Waals surface area contributed by atoms with Crippen molar-refractivity contribution in [2.75, 3.05) is 13.2 Å². The van der Waals surface area contributed by atoms with Crippen molar-refractivity contribution in [1.29, 1.82) is 0 Å². The van der Waals surface area contributed by atoms with E-state index in [0.29, 0.717) is 12.1 Å². The first-order valence-corrected chi connectivity index (χ1v) is 8.72. The summed E-state index contributed by atoms with van der Waals surface area (Å²) in [6.07, 6.45) is 6.51. The molecule has 0 bridgehead atoms. The highest BCUT2D eigenvalue weighted by Crippen LogP contribution is 2.40. The van der Waals surface area contributed by atoms with Crippen LogP contribution in [-0.4, -0.2) is 19.2 Å². The summed E-state index contributed by atoms with van der Waals surface area (Å²) in [5, 5.41) is 3.73. The van der Waals surface area contributed by atoms with Crippen LogP contribution >= 0.6 is 0 Å². The molecule has 1 aliphatic heterocycles. The predicted octanol–water partition coefficient (Wildman–Crippen LogP) is 4.10. The van der Waals surface area contributed by atoms with Gasteiger partial charge in [-0.05, 0) is 61.6 Å². The van der Waals surface area contributed by atoms with Gasteiger partial charge in [0.2, 0.25) is 0 Å². The van der Waals surface area contributed by atoms with Gasteiger partial charge in [-0.2, -0.15) is 0 Å². The molecular formula is C19H29NO. The molecule has 1 N–H and O–H groups in total. The molecule has 1 fully saturated rings. The third-order valence-corrected chi connectivity index (χ3v) is 5.49. The van der Waals surface area contributed by atoms with Crippen LogP contribution in [0.1, 0.15) is 56.8 Å². The van der Waals surface area contributed by atoms with Gasteiger partial charge in [0.15, 0.2) is 0 Å². The Bertz CT molecular complexity index is 459. The first-order valence-electron chi connectivity index (χ1n) is 8.72. The maximum Gasteiger partial charge on any atom is 0.0830 e. The van der Waals surface area contributed by atoms with E-state index in [1.165, 1.54) is 36.8 Å². The van der Waals surface area contributed by atoms with Crippen molar-refractivity contribution >= 4 is 0 Å². The molecule has 4 unspecified atom stereocenters. The fourth-order valence-corrected chi connectivity index (χ4v) is 4.15. The molecule has 21 heavy (non-hydrogen) atoms. The molecule has 0 spiro atoms. The van der Waals surface area contributed by atoms with Crippen LogP contribution < -0.4 is 5.32 Å². The largest absolute Gasteiger partial charge is 0.373 e. The van der Waals surface area contributed by atoms with Crippen molar-refractivity contribution in [2.45, 2.75) is 58.1 Å². The molecule has 4 atom stereocenters. The zero-order valence-electron chi connectivity index (χ0n) is 13.5. The van der Waals surface area contributed by atoms with Crippen molar-refractivity contribution < 1.29 is 4.74 Å². The summed E-state index contributed by atoms with van der Waals surface area (Å²) in [5.41, 5.74) is 2.95. The maximum atomic E-state index is 6.11. The van der Waals surface area contributed by atoms with Gasteiger partial charge in [-0.15, -0.1) is 0 Å². The van der Waals surface area contributed by atoms with E-state index in [9.17, 15) is 0 Å². The smallest absolute Gasteiger partial charge is 0.0830 e. The van der Waals surface area contributed by atoms with Crippen LogP contribution in [-0.2, 0) is 11.2 Å². The highest BCUT2D eigenvalue weighted by atomic mass is 16.5. The van der Waals surface area contributed by atoms with E-state index in [0.717, 1.165) is 31.4 Å². The fraction of sp³-hybridized carbons (Fsp3) is 0.684. The summed E-state index contributed by atoms with van der Waals surface area (Å²) in [4.78, 5) is 0. The first kappa shape index (κ1) is 15.1. The molecule has 0 amide bonds. The Morgan fingerprint density at radius 2 is 2.10 bits per heavy atom. The van der Waals surface area contributed by atoms with Gasteiger partial charge in [0.05, 0.1) is 12.7 Å². The summed E-state index contributed by atoms with van der Waals surface area (Å²) in [6.45, 7) is 6.72. The maximum absolute atomic E-state index is 6.11. The quantitative estimate of drug-likeness (QED) is 0.880. The molecule has 2 aliphatic rings.